The quantitative estimate of drug-likeness (QED) is 0.708. The van der Waals surface area contributed by atoms with Crippen molar-refractivity contribution in [3.05, 3.63) is 0 Å². The van der Waals surface area contributed by atoms with Crippen LogP contribution >= 0.6 is 0 Å². The summed E-state index contributed by atoms with van der Waals surface area (Å²) in [4.78, 5) is 14.6. The topological polar surface area (TPSA) is 53.6 Å². The fraction of sp³-hybridized carbons (Fsp3) is 0.933. The van der Waals surface area contributed by atoms with Gasteiger partial charge in [-0.3, -0.25) is 9.69 Å². The number of carbonyl (C=O) groups is 1. The third kappa shape index (κ3) is 3.32. The van der Waals surface area contributed by atoms with Crippen LogP contribution in [0.2, 0.25) is 0 Å². The molecule has 0 bridgehead atoms. The maximum atomic E-state index is 12.2. The molecule has 0 radical (unpaired) electrons. The highest BCUT2D eigenvalue weighted by atomic mass is 16.5. The lowest BCUT2D eigenvalue weighted by molar-refractivity contribution is -0.123. The van der Waals surface area contributed by atoms with Gasteiger partial charge in [0, 0.05) is 19.6 Å². The number of morpholine rings is 1. The zero-order chi connectivity index (χ0) is 13.8. The van der Waals surface area contributed by atoms with Gasteiger partial charge >= 0.3 is 0 Å². The Labute approximate surface area is 121 Å². The first kappa shape index (κ1) is 14.3. The lowest BCUT2D eigenvalue weighted by Crippen LogP contribution is -2.45. The van der Waals surface area contributed by atoms with Crippen molar-refractivity contribution in [1.82, 2.24) is 15.5 Å². The van der Waals surface area contributed by atoms with Crippen molar-refractivity contribution in [2.75, 3.05) is 45.9 Å². The van der Waals surface area contributed by atoms with Crippen LogP contribution in [-0.2, 0) is 9.53 Å². The number of amides is 1. The number of hydrogen-bond acceptors (Lipinski definition) is 4. The second-order valence-electron chi connectivity index (χ2n) is 6.34. The Hall–Kier alpha value is -0.650. The third-order valence-corrected chi connectivity index (χ3v) is 5.08. The van der Waals surface area contributed by atoms with Crippen molar-refractivity contribution in [2.24, 2.45) is 11.8 Å². The molecule has 2 heterocycles. The van der Waals surface area contributed by atoms with Gasteiger partial charge in [-0.05, 0) is 44.2 Å². The second-order valence-corrected chi connectivity index (χ2v) is 6.34. The third-order valence-electron chi connectivity index (χ3n) is 5.08. The molecule has 3 unspecified atom stereocenters. The minimum atomic E-state index is 0.0749. The highest BCUT2D eigenvalue weighted by Gasteiger charge is 2.42. The number of carbonyl (C=O) groups excluding carboxylic acids is 1. The molecule has 1 amide bonds. The first-order valence-corrected chi connectivity index (χ1v) is 8.16. The molecule has 3 atom stereocenters. The molecule has 3 rings (SSSR count). The fourth-order valence-corrected chi connectivity index (χ4v) is 3.92. The highest BCUT2D eigenvalue weighted by Crippen LogP contribution is 2.37. The lowest BCUT2D eigenvalue weighted by Gasteiger charge is -2.26. The maximum absolute atomic E-state index is 12.2. The van der Waals surface area contributed by atoms with Crippen molar-refractivity contribution in [3.8, 4) is 0 Å². The van der Waals surface area contributed by atoms with Gasteiger partial charge in [-0.25, -0.2) is 0 Å². The Kier molecular flexibility index (Phi) is 4.91. The Balaban J connectivity index is 1.33. The van der Waals surface area contributed by atoms with Crippen LogP contribution in [0, 0.1) is 11.8 Å². The van der Waals surface area contributed by atoms with Crippen molar-refractivity contribution in [3.63, 3.8) is 0 Å². The van der Waals surface area contributed by atoms with Crippen LogP contribution in [0.1, 0.15) is 25.7 Å². The summed E-state index contributed by atoms with van der Waals surface area (Å²) in [5.41, 5.74) is 0. The summed E-state index contributed by atoms with van der Waals surface area (Å²) in [6.07, 6.45) is 4.87. The van der Waals surface area contributed by atoms with Gasteiger partial charge in [0.1, 0.15) is 0 Å². The van der Waals surface area contributed by atoms with Crippen LogP contribution in [0.15, 0.2) is 0 Å². The number of nitrogens with one attached hydrogen (secondary N) is 2. The molecule has 2 saturated heterocycles. The molecule has 3 fully saturated rings. The van der Waals surface area contributed by atoms with Crippen LogP contribution < -0.4 is 10.6 Å². The maximum Gasteiger partial charge on any atom is 0.237 e. The zero-order valence-corrected chi connectivity index (χ0v) is 12.3. The van der Waals surface area contributed by atoms with Gasteiger partial charge in [-0.2, -0.15) is 0 Å². The van der Waals surface area contributed by atoms with E-state index < -0.39 is 0 Å². The highest BCUT2D eigenvalue weighted by molar-refractivity contribution is 5.82. The Morgan fingerprint density at radius 1 is 1.30 bits per heavy atom. The monoisotopic (exact) mass is 281 g/mol. The molecule has 5 heteroatoms. The second kappa shape index (κ2) is 6.87. The van der Waals surface area contributed by atoms with Crippen LogP contribution in [-0.4, -0.2) is 62.8 Å². The van der Waals surface area contributed by atoms with Gasteiger partial charge in [0.2, 0.25) is 5.91 Å². The first-order chi connectivity index (χ1) is 9.84. The fourth-order valence-electron chi connectivity index (χ4n) is 3.92. The van der Waals surface area contributed by atoms with Crippen molar-refractivity contribution >= 4 is 5.91 Å². The van der Waals surface area contributed by atoms with E-state index in [0.29, 0.717) is 5.92 Å². The molecule has 0 aromatic heterocycles. The van der Waals surface area contributed by atoms with E-state index >= 15 is 0 Å². The van der Waals surface area contributed by atoms with Gasteiger partial charge in [-0.1, -0.05) is 6.42 Å². The van der Waals surface area contributed by atoms with E-state index in [4.69, 9.17) is 4.74 Å². The Morgan fingerprint density at radius 2 is 2.15 bits per heavy atom. The number of rotatable bonds is 5. The summed E-state index contributed by atoms with van der Waals surface area (Å²) in [7, 11) is 0. The molecule has 2 N–H and O–H groups in total. The van der Waals surface area contributed by atoms with Crippen LogP contribution in [0.5, 0.6) is 0 Å². The minimum Gasteiger partial charge on any atom is -0.379 e. The largest absolute Gasteiger partial charge is 0.379 e. The molecule has 5 nitrogen and oxygen atoms in total. The molecule has 0 aromatic rings. The van der Waals surface area contributed by atoms with Crippen LogP contribution in [0.25, 0.3) is 0 Å². The lowest BCUT2D eigenvalue weighted by atomic mass is 9.93. The predicted molar refractivity (Wildman–Crippen MR) is 77.5 cm³/mol. The molecule has 2 aliphatic heterocycles. The summed E-state index contributed by atoms with van der Waals surface area (Å²) < 4.78 is 5.33. The van der Waals surface area contributed by atoms with Gasteiger partial charge in [-0.15, -0.1) is 0 Å². The Bertz CT molecular complexity index is 331. The summed E-state index contributed by atoms with van der Waals surface area (Å²) in [6.45, 7) is 6.66. The number of hydrogen-bond donors (Lipinski definition) is 2. The van der Waals surface area contributed by atoms with Gasteiger partial charge in [0.05, 0.1) is 19.3 Å². The van der Waals surface area contributed by atoms with E-state index in [2.05, 4.69) is 15.5 Å². The summed E-state index contributed by atoms with van der Waals surface area (Å²) >= 11 is 0. The van der Waals surface area contributed by atoms with Gasteiger partial charge in [0.15, 0.2) is 0 Å². The SMILES string of the molecule is O=C(NCCCN1CCOCC1)C1NCC2CCCC21. The van der Waals surface area contributed by atoms with Gasteiger partial charge < -0.3 is 15.4 Å². The van der Waals surface area contributed by atoms with Gasteiger partial charge in [0.25, 0.3) is 0 Å². The average Bonchev–Trinajstić information content (AvgIpc) is 3.07. The van der Waals surface area contributed by atoms with Crippen molar-refractivity contribution in [1.29, 1.82) is 0 Å². The van der Waals surface area contributed by atoms with E-state index in [1.165, 1.54) is 19.3 Å². The molecule has 1 saturated carbocycles. The molecule has 114 valence electrons. The molecule has 0 spiro atoms. The number of nitrogens with zero attached hydrogens (tertiary/aromatic N) is 1. The number of fused-ring (bicyclic) bond motifs is 1. The molecule has 0 aromatic carbocycles. The minimum absolute atomic E-state index is 0.0749. The van der Waals surface area contributed by atoms with E-state index in [9.17, 15) is 4.79 Å². The van der Waals surface area contributed by atoms with Crippen molar-refractivity contribution < 1.29 is 9.53 Å². The zero-order valence-electron chi connectivity index (χ0n) is 12.3. The molecular formula is C15H27N3O2. The molecule has 3 aliphatic rings. The van der Waals surface area contributed by atoms with Crippen LogP contribution in [0.3, 0.4) is 0 Å². The van der Waals surface area contributed by atoms with Crippen molar-refractivity contribution in [2.45, 2.75) is 31.7 Å². The van der Waals surface area contributed by atoms with Crippen LogP contribution in [0.4, 0.5) is 0 Å². The molecule has 1 aliphatic carbocycles. The predicted octanol–water partition coefficient (Wildman–Crippen LogP) is 0.213. The average molecular weight is 281 g/mol. The smallest absolute Gasteiger partial charge is 0.237 e. The first-order valence-electron chi connectivity index (χ1n) is 8.16. The van der Waals surface area contributed by atoms with E-state index in [1.807, 2.05) is 0 Å². The normalized spacial score (nSPS) is 34.1. The summed E-state index contributed by atoms with van der Waals surface area (Å²) in [5, 5.41) is 6.53. The van der Waals surface area contributed by atoms with E-state index in [1.54, 1.807) is 0 Å². The van der Waals surface area contributed by atoms with E-state index in [0.717, 1.165) is 58.3 Å². The summed E-state index contributed by atoms with van der Waals surface area (Å²) in [6, 6.07) is 0.0749. The summed E-state index contributed by atoms with van der Waals surface area (Å²) in [5.74, 6) is 1.56. The molecular weight excluding hydrogens is 254 g/mol. The number of ether oxygens (including phenoxy) is 1. The van der Waals surface area contributed by atoms with E-state index in [-0.39, 0.29) is 11.9 Å². The standard InChI is InChI=1S/C15H27N3O2/c19-15(14-13-4-1-3-12(13)11-17-14)16-5-2-6-18-7-9-20-10-8-18/h12-14,17H,1-11H2,(H,16,19). The Morgan fingerprint density at radius 3 is 3.00 bits per heavy atom. The molecule has 20 heavy (non-hydrogen) atoms.